The molecule has 0 radical (unpaired) electrons. The third-order valence-electron chi connectivity index (χ3n) is 3.73. The van der Waals surface area contributed by atoms with E-state index in [1.54, 1.807) is 53.4 Å². The van der Waals surface area contributed by atoms with Gasteiger partial charge in [0, 0.05) is 31.7 Å². The van der Waals surface area contributed by atoms with Crippen LogP contribution in [0.25, 0.3) is 5.82 Å². The molecule has 21 heavy (non-hydrogen) atoms. The van der Waals surface area contributed by atoms with Gasteiger partial charge in [0.15, 0.2) is 0 Å². The molecule has 1 fully saturated rings. The first-order chi connectivity index (χ1) is 10.1. The summed E-state index contributed by atoms with van der Waals surface area (Å²) in [6.07, 6.45) is 8.25. The summed E-state index contributed by atoms with van der Waals surface area (Å²) in [6, 6.07) is 3.55. The fourth-order valence-corrected chi connectivity index (χ4v) is 2.64. The Morgan fingerprint density at radius 3 is 2.90 bits per heavy atom. The van der Waals surface area contributed by atoms with E-state index < -0.39 is 5.60 Å². The molecule has 0 spiro atoms. The average molecular weight is 286 g/mol. The second-order valence-electron chi connectivity index (χ2n) is 5.70. The molecule has 0 aromatic carbocycles. The van der Waals surface area contributed by atoms with Crippen molar-refractivity contribution < 1.29 is 9.90 Å². The van der Waals surface area contributed by atoms with Crippen LogP contribution in [0.1, 0.15) is 30.1 Å². The molecule has 1 atom stereocenters. The van der Waals surface area contributed by atoms with E-state index in [1.165, 1.54) is 0 Å². The summed E-state index contributed by atoms with van der Waals surface area (Å²) in [5.41, 5.74) is -0.255. The summed E-state index contributed by atoms with van der Waals surface area (Å²) in [7, 11) is 0. The third-order valence-corrected chi connectivity index (χ3v) is 3.73. The molecule has 2 aromatic heterocycles. The van der Waals surface area contributed by atoms with Gasteiger partial charge >= 0.3 is 0 Å². The van der Waals surface area contributed by atoms with Crippen LogP contribution in [-0.4, -0.2) is 49.1 Å². The molecule has 110 valence electrons. The molecule has 3 heterocycles. The van der Waals surface area contributed by atoms with Crippen LogP contribution in [0, 0.1) is 0 Å². The number of piperidine rings is 1. The predicted octanol–water partition coefficient (Wildman–Crippen LogP) is 1.25. The molecule has 0 aliphatic carbocycles. The van der Waals surface area contributed by atoms with Crippen LogP contribution in [-0.2, 0) is 0 Å². The van der Waals surface area contributed by atoms with Crippen molar-refractivity contribution >= 4 is 5.91 Å². The van der Waals surface area contributed by atoms with Crippen molar-refractivity contribution in [3.8, 4) is 5.82 Å². The SMILES string of the molecule is CC1(O)CCCN(C(=O)c2ccc(-n3ccnc3)nc2)C1. The summed E-state index contributed by atoms with van der Waals surface area (Å²) < 4.78 is 1.78. The van der Waals surface area contributed by atoms with E-state index in [0.29, 0.717) is 18.7 Å². The number of pyridine rings is 1. The monoisotopic (exact) mass is 286 g/mol. The number of likely N-dealkylation sites (tertiary alicyclic amines) is 1. The molecule has 6 heteroatoms. The summed E-state index contributed by atoms with van der Waals surface area (Å²) in [4.78, 5) is 22.4. The maximum Gasteiger partial charge on any atom is 0.255 e. The lowest BCUT2D eigenvalue weighted by atomic mass is 9.95. The number of amides is 1. The Morgan fingerprint density at radius 2 is 2.29 bits per heavy atom. The Kier molecular flexibility index (Phi) is 3.47. The number of hydrogen-bond donors (Lipinski definition) is 1. The van der Waals surface area contributed by atoms with Crippen LogP contribution in [0.3, 0.4) is 0 Å². The zero-order valence-corrected chi connectivity index (χ0v) is 11.9. The first-order valence-electron chi connectivity index (χ1n) is 7.01. The lowest BCUT2D eigenvalue weighted by Crippen LogP contribution is -2.48. The van der Waals surface area contributed by atoms with Gasteiger partial charge in [-0.2, -0.15) is 0 Å². The van der Waals surface area contributed by atoms with Crippen molar-refractivity contribution in [2.75, 3.05) is 13.1 Å². The third kappa shape index (κ3) is 2.95. The average Bonchev–Trinajstić information content (AvgIpc) is 3.00. The lowest BCUT2D eigenvalue weighted by molar-refractivity contribution is -0.0107. The van der Waals surface area contributed by atoms with E-state index in [-0.39, 0.29) is 5.91 Å². The molecular formula is C15H18N4O2. The molecule has 1 unspecified atom stereocenters. The number of hydrogen-bond acceptors (Lipinski definition) is 4. The van der Waals surface area contributed by atoms with Gasteiger partial charge in [-0.25, -0.2) is 9.97 Å². The maximum absolute atomic E-state index is 12.4. The number of imidazole rings is 1. The summed E-state index contributed by atoms with van der Waals surface area (Å²) >= 11 is 0. The zero-order valence-electron chi connectivity index (χ0n) is 11.9. The first kappa shape index (κ1) is 13.8. The molecule has 1 N–H and O–H groups in total. The second kappa shape index (κ2) is 5.29. The highest BCUT2D eigenvalue weighted by atomic mass is 16.3. The number of rotatable bonds is 2. The molecule has 1 aliphatic heterocycles. The summed E-state index contributed by atoms with van der Waals surface area (Å²) in [6.45, 7) is 2.82. The smallest absolute Gasteiger partial charge is 0.255 e. The van der Waals surface area contributed by atoms with Crippen molar-refractivity contribution in [1.29, 1.82) is 0 Å². The fourth-order valence-electron chi connectivity index (χ4n) is 2.64. The molecule has 6 nitrogen and oxygen atoms in total. The number of aromatic nitrogens is 3. The van der Waals surface area contributed by atoms with E-state index in [0.717, 1.165) is 18.7 Å². The Balaban J connectivity index is 1.76. The molecule has 0 saturated carbocycles. The Morgan fingerprint density at radius 1 is 1.43 bits per heavy atom. The molecule has 1 aliphatic rings. The van der Waals surface area contributed by atoms with Crippen molar-refractivity contribution in [2.24, 2.45) is 0 Å². The summed E-state index contributed by atoms with van der Waals surface area (Å²) in [5, 5.41) is 10.1. The van der Waals surface area contributed by atoms with Gasteiger partial charge in [-0.1, -0.05) is 0 Å². The highest BCUT2D eigenvalue weighted by molar-refractivity contribution is 5.94. The number of β-amino-alcohol motifs (C(OH)–C–C–N with tert-alkyl or cyclic N) is 1. The minimum absolute atomic E-state index is 0.0837. The van der Waals surface area contributed by atoms with Gasteiger partial charge in [-0.3, -0.25) is 9.36 Å². The van der Waals surface area contributed by atoms with Crippen LogP contribution in [0.4, 0.5) is 0 Å². The van der Waals surface area contributed by atoms with E-state index in [2.05, 4.69) is 9.97 Å². The Bertz CT molecular complexity index is 620. The molecular weight excluding hydrogens is 268 g/mol. The normalized spacial score (nSPS) is 22.3. The second-order valence-corrected chi connectivity index (χ2v) is 5.70. The van der Waals surface area contributed by atoms with Crippen molar-refractivity contribution in [3.63, 3.8) is 0 Å². The first-order valence-corrected chi connectivity index (χ1v) is 7.01. The van der Waals surface area contributed by atoms with E-state index >= 15 is 0 Å². The molecule has 1 saturated heterocycles. The zero-order chi connectivity index (χ0) is 14.9. The summed E-state index contributed by atoms with van der Waals surface area (Å²) in [5.74, 6) is 0.634. The minimum atomic E-state index is -0.794. The minimum Gasteiger partial charge on any atom is -0.388 e. The highest BCUT2D eigenvalue weighted by Gasteiger charge is 2.31. The van der Waals surface area contributed by atoms with Crippen molar-refractivity contribution in [2.45, 2.75) is 25.4 Å². The van der Waals surface area contributed by atoms with Crippen LogP contribution in [0.15, 0.2) is 37.1 Å². The van der Waals surface area contributed by atoms with Gasteiger partial charge in [-0.05, 0) is 31.9 Å². The van der Waals surface area contributed by atoms with Crippen LogP contribution < -0.4 is 0 Å². The van der Waals surface area contributed by atoms with Gasteiger partial charge in [0.1, 0.15) is 12.1 Å². The maximum atomic E-state index is 12.4. The Labute approximate surface area is 123 Å². The van der Waals surface area contributed by atoms with Crippen LogP contribution in [0.5, 0.6) is 0 Å². The Hall–Kier alpha value is -2.21. The lowest BCUT2D eigenvalue weighted by Gasteiger charge is -2.36. The fraction of sp³-hybridized carbons (Fsp3) is 0.400. The molecule has 2 aromatic rings. The van der Waals surface area contributed by atoms with Gasteiger partial charge in [0.2, 0.25) is 0 Å². The van der Waals surface area contributed by atoms with E-state index in [9.17, 15) is 9.90 Å². The van der Waals surface area contributed by atoms with Crippen molar-refractivity contribution in [1.82, 2.24) is 19.4 Å². The molecule has 0 bridgehead atoms. The van der Waals surface area contributed by atoms with Gasteiger partial charge in [0.25, 0.3) is 5.91 Å². The largest absolute Gasteiger partial charge is 0.388 e. The van der Waals surface area contributed by atoms with E-state index in [1.807, 2.05) is 0 Å². The molecule has 1 amide bonds. The predicted molar refractivity (Wildman–Crippen MR) is 77.1 cm³/mol. The van der Waals surface area contributed by atoms with Crippen LogP contribution >= 0.6 is 0 Å². The number of carbonyl (C=O) groups excluding carboxylic acids is 1. The molecule has 3 rings (SSSR count). The van der Waals surface area contributed by atoms with Crippen LogP contribution in [0.2, 0.25) is 0 Å². The quantitative estimate of drug-likeness (QED) is 0.902. The van der Waals surface area contributed by atoms with Crippen molar-refractivity contribution in [3.05, 3.63) is 42.6 Å². The highest BCUT2D eigenvalue weighted by Crippen LogP contribution is 2.21. The van der Waals surface area contributed by atoms with Gasteiger partial charge in [-0.15, -0.1) is 0 Å². The number of aliphatic hydroxyl groups is 1. The van der Waals surface area contributed by atoms with E-state index in [4.69, 9.17) is 0 Å². The topological polar surface area (TPSA) is 71.2 Å². The number of carbonyl (C=O) groups is 1. The van der Waals surface area contributed by atoms with Gasteiger partial charge in [0.05, 0.1) is 11.2 Å². The standard InChI is InChI=1S/C15H18N4O2/c1-15(21)5-2-7-18(10-15)14(20)12-3-4-13(17-9-12)19-8-6-16-11-19/h3-4,6,8-9,11,21H,2,5,7,10H2,1H3. The van der Waals surface area contributed by atoms with Gasteiger partial charge < -0.3 is 10.0 Å². The number of nitrogens with zero attached hydrogens (tertiary/aromatic N) is 4.